The van der Waals surface area contributed by atoms with Gasteiger partial charge in [-0.3, -0.25) is 5.32 Å². The van der Waals surface area contributed by atoms with Crippen LogP contribution in [0.15, 0.2) is 6.33 Å². The van der Waals surface area contributed by atoms with Crippen molar-refractivity contribution in [2.24, 2.45) is 7.05 Å². The molecular weight excluding hydrogens is 324 g/mol. The lowest BCUT2D eigenvalue weighted by Crippen LogP contribution is -2.35. The summed E-state index contributed by atoms with van der Waals surface area (Å²) < 4.78 is 1.88. The fraction of sp³-hybridized carbons (Fsp3) is 0.625. The highest BCUT2D eigenvalue weighted by Crippen LogP contribution is 2.32. The molecular formula is C16H24N6OS. The van der Waals surface area contributed by atoms with Gasteiger partial charge in [0.15, 0.2) is 11.0 Å². The van der Waals surface area contributed by atoms with Crippen molar-refractivity contribution >= 4 is 22.5 Å². The molecule has 2 aromatic rings. The number of urea groups is 1. The number of anilines is 1. The van der Waals surface area contributed by atoms with Gasteiger partial charge >= 0.3 is 6.03 Å². The molecule has 7 nitrogen and oxygen atoms in total. The lowest BCUT2D eigenvalue weighted by Gasteiger charge is -2.23. The van der Waals surface area contributed by atoms with Crippen molar-refractivity contribution < 1.29 is 4.79 Å². The van der Waals surface area contributed by atoms with Crippen LogP contribution in [-0.4, -0.2) is 37.2 Å². The fourth-order valence-corrected chi connectivity index (χ4v) is 4.12. The Morgan fingerprint density at radius 1 is 1.46 bits per heavy atom. The normalized spacial score (nSPS) is 17.5. The quantitative estimate of drug-likeness (QED) is 0.900. The van der Waals surface area contributed by atoms with E-state index in [1.807, 2.05) is 16.5 Å². The number of aromatic nitrogens is 4. The number of rotatable bonds is 5. The van der Waals surface area contributed by atoms with Crippen molar-refractivity contribution in [3.05, 3.63) is 22.7 Å². The zero-order valence-corrected chi connectivity index (χ0v) is 15.3. The molecule has 1 atom stereocenters. The summed E-state index contributed by atoms with van der Waals surface area (Å²) in [6.07, 6.45) is 6.54. The highest BCUT2D eigenvalue weighted by Gasteiger charge is 2.33. The Balaban J connectivity index is 1.73. The standard InChI is InChI=1S/C16H24N6OS/c1-4-7-11-13(5-2)24-15(18-11)19-16(23)22-9-6-8-12(22)14-20-17-10-21(14)3/h10,12H,4-9H2,1-3H3,(H,18,19,23). The minimum Gasteiger partial charge on any atom is -0.319 e. The summed E-state index contributed by atoms with van der Waals surface area (Å²) in [5, 5.41) is 11.8. The maximum atomic E-state index is 12.7. The highest BCUT2D eigenvalue weighted by molar-refractivity contribution is 7.15. The summed E-state index contributed by atoms with van der Waals surface area (Å²) in [6, 6.07) is -0.113. The van der Waals surface area contributed by atoms with Crippen molar-refractivity contribution in [3.63, 3.8) is 0 Å². The second-order valence-electron chi connectivity index (χ2n) is 6.07. The maximum absolute atomic E-state index is 12.7. The molecule has 24 heavy (non-hydrogen) atoms. The van der Waals surface area contributed by atoms with Gasteiger partial charge in [0.25, 0.3) is 0 Å². The molecule has 0 spiro atoms. The van der Waals surface area contributed by atoms with Crippen LogP contribution in [0.5, 0.6) is 0 Å². The van der Waals surface area contributed by atoms with Crippen LogP contribution in [-0.2, 0) is 19.9 Å². The first-order chi connectivity index (χ1) is 11.6. The Kier molecular flexibility index (Phi) is 5.13. The number of hydrogen-bond acceptors (Lipinski definition) is 5. The number of aryl methyl sites for hydroxylation is 3. The van der Waals surface area contributed by atoms with Gasteiger partial charge in [0.2, 0.25) is 0 Å². The van der Waals surface area contributed by atoms with E-state index >= 15 is 0 Å². The number of carbonyl (C=O) groups is 1. The number of hydrogen-bond donors (Lipinski definition) is 1. The average Bonchev–Trinajstić information content (AvgIpc) is 3.26. The van der Waals surface area contributed by atoms with E-state index < -0.39 is 0 Å². The summed E-state index contributed by atoms with van der Waals surface area (Å²) in [5.41, 5.74) is 1.12. The monoisotopic (exact) mass is 348 g/mol. The van der Waals surface area contributed by atoms with E-state index in [1.54, 1.807) is 17.7 Å². The third kappa shape index (κ3) is 3.28. The Hall–Kier alpha value is -1.96. The second-order valence-corrected chi connectivity index (χ2v) is 7.16. The van der Waals surface area contributed by atoms with Crippen LogP contribution < -0.4 is 5.32 Å². The van der Waals surface area contributed by atoms with E-state index in [4.69, 9.17) is 0 Å². The lowest BCUT2D eigenvalue weighted by molar-refractivity contribution is 0.204. The average molecular weight is 348 g/mol. The molecule has 2 aromatic heterocycles. The molecule has 0 radical (unpaired) electrons. The van der Waals surface area contributed by atoms with Crippen LogP contribution >= 0.6 is 11.3 Å². The number of nitrogens with zero attached hydrogens (tertiary/aromatic N) is 5. The number of thiazole rings is 1. The van der Waals surface area contributed by atoms with Gasteiger partial charge in [0.05, 0.1) is 11.7 Å². The summed E-state index contributed by atoms with van der Waals surface area (Å²) in [6.45, 7) is 5.01. The summed E-state index contributed by atoms with van der Waals surface area (Å²) in [7, 11) is 1.91. The predicted molar refractivity (Wildman–Crippen MR) is 94.2 cm³/mol. The molecule has 8 heteroatoms. The zero-order valence-electron chi connectivity index (χ0n) is 14.4. The van der Waals surface area contributed by atoms with Crippen LogP contribution in [0.25, 0.3) is 0 Å². The van der Waals surface area contributed by atoms with Crippen LogP contribution in [0, 0.1) is 0 Å². The maximum Gasteiger partial charge on any atom is 0.324 e. The van der Waals surface area contributed by atoms with E-state index in [9.17, 15) is 4.79 Å². The number of likely N-dealkylation sites (tertiary alicyclic amines) is 1. The van der Waals surface area contributed by atoms with Crippen LogP contribution in [0.4, 0.5) is 9.93 Å². The molecule has 130 valence electrons. The molecule has 0 bridgehead atoms. The van der Waals surface area contributed by atoms with Crippen molar-refractivity contribution in [2.45, 2.75) is 52.0 Å². The largest absolute Gasteiger partial charge is 0.324 e. The van der Waals surface area contributed by atoms with E-state index in [2.05, 4.69) is 34.3 Å². The van der Waals surface area contributed by atoms with Gasteiger partial charge in [0, 0.05) is 18.5 Å². The van der Waals surface area contributed by atoms with Gasteiger partial charge in [0.1, 0.15) is 6.33 Å². The third-order valence-corrected chi connectivity index (χ3v) is 5.52. The van der Waals surface area contributed by atoms with E-state index in [-0.39, 0.29) is 12.1 Å². The lowest BCUT2D eigenvalue weighted by atomic mass is 10.2. The molecule has 0 aliphatic carbocycles. The summed E-state index contributed by atoms with van der Waals surface area (Å²) in [4.78, 5) is 20.4. The Bertz CT molecular complexity index is 709. The highest BCUT2D eigenvalue weighted by atomic mass is 32.1. The van der Waals surface area contributed by atoms with Gasteiger partial charge in [-0.2, -0.15) is 0 Å². The zero-order chi connectivity index (χ0) is 17.1. The summed E-state index contributed by atoms with van der Waals surface area (Å²) >= 11 is 1.59. The van der Waals surface area contributed by atoms with Gasteiger partial charge in [-0.25, -0.2) is 9.78 Å². The molecule has 0 saturated carbocycles. The topological polar surface area (TPSA) is 75.9 Å². The first kappa shape index (κ1) is 16.9. The minimum atomic E-state index is -0.0973. The van der Waals surface area contributed by atoms with Crippen molar-refractivity contribution in [1.29, 1.82) is 0 Å². The first-order valence-corrected chi connectivity index (χ1v) is 9.35. The molecule has 0 aromatic carbocycles. The van der Waals surface area contributed by atoms with Gasteiger partial charge in [-0.15, -0.1) is 21.5 Å². The summed E-state index contributed by atoms with van der Waals surface area (Å²) in [5.74, 6) is 0.836. The van der Waals surface area contributed by atoms with Gasteiger partial charge in [-0.05, 0) is 25.7 Å². The molecule has 1 saturated heterocycles. The van der Waals surface area contributed by atoms with E-state index in [0.717, 1.165) is 50.2 Å². The molecule has 1 fully saturated rings. The second kappa shape index (κ2) is 7.29. The molecule has 1 aliphatic rings. The predicted octanol–water partition coefficient (Wildman–Crippen LogP) is 3.16. The van der Waals surface area contributed by atoms with Crippen LogP contribution in [0.3, 0.4) is 0 Å². The third-order valence-electron chi connectivity index (χ3n) is 4.36. The van der Waals surface area contributed by atoms with E-state index in [1.165, 1.54) is 4.88 Å². The smallest absolute Gasteiger partial charge is 0.319 e. The molecule has 1 aliphatic heterocycles. The molecule has 2 amide bonds. The fourth-order valence-electron chi connectivity index (χ4n) is 3.18. The first-order valence-electron chi connectivity index (χ1n) is 8.54. The Labute approximate surface area is 146 Å². The molecule has 3 heterocycles. The van der Waals surface area contributed by atoms with Gasteiger partial charge in [-0.1, -0.05) is 20.3 Å². The minimum absolute atomic E-state index is 0.0155. The van der Waals surface area contributed by atoms with Crippen LogP contribution in [0.2, 0.25) is 0 Å². The van der Waals surface area contributed by atoms with Crippen molar-refractivity contribution in [1.82, 2.24) is 24.6 Å². The van der Waals surface area contributed by atoms with Crippen molar-refractivity contribution in [2.75, 3.05) is 11.9 Å². The number of nitrogens with one attached hydrogen (secondary N) is 1. The number of carbonyl (C=O) groups excluding carboxylic acids is 1. The van der Waals surface area contributed by atoms with Crippen LogP contribution in [0.1, 0.15) is 55.5 Å². The molecule has 3 rings (SSSR count). The Morgan fingerprint density at radius 2 is 2.29 bits per heavy atom. The molecule has 1 unspecified atom stereocenters. The van der Waals surface area contributed by atoms with Crippen molar-refractivity contribution in [3.8, 4) is 0 Å². The SMILES string of the molecule is CCCc1nc(NC(=O)N2CCCC2c2nncn2C)sc1CC. The van der Waals surface area contributed by atoms with E-state index in [0.29, 0.717) is 5.13 Å². The molecule has 1 N–H and O–H groups in total. The number of amides is 2. The van der Waals surface area contributed by atoms with Gasteiger partial charge < -0.3 is 9.47 Å². The Morgan fingerprint density at radius 3 is 2.96 bits per heavy atom.